The van der Waals surface area contributed by atoms with Gasteiger partial charge in [0.1, 0.15) is 22.8 Å². The average Bonchev–Trinajstić information content (AvgIpc) is 3.43. The molecule has 9 heteroatoms. The molecule has 1 atom stereocenters. The summed E-state index contributed by atoms with van der Waals surface area (Å²) in [5.41, 5.74) is 6.57. The molecule has 1 heterocycles. The summed E-state index contributed by atoms with van der Waals surface area (Å²) in [4.78, 5) is 15.6. The number of phenols is 1. The molecule has 8 nitrogen and oxygen atoms in total. The summed E-state index contributed by atoms with van der Waals surface area (Å²) in [5, 5.41) is 22.2. The SMILES string of the molecule is CC(=O)NCCc1cc2ccc(Br)cc2o1.CCC(C)/C(C)=N\N=C(/C)CN=C(c1ccc(O)cc1)c1cc(OC)ccc1C. The second-order valence-electron chi connectivity index (χ2n) is 10.9. The van der Waals surface area contributed by atoms with Crippen LogP contribution in [-0.4, -0.2) is 48.3 Å². The Morgan fingerprint density at radius 1 is 1.02 bits per heavy atom. The number of amides is 1. The maximum Gasteiger partial charge on any atom is 0.216 e. The Morgan fingerprint density at radius 2 is 1.76 bits per heavy atom. The first-order valence-corrected chi connectivity index (χ1v) is 15.8. The molecule has 0 fully saturated rings. The van der Waals surface area contributed by atoms with Crippen LogP contribution in [0.4, 0.5) is 0 Å². The van der Waals surface area contributed by atoms with Crippen molar-refractivity contribution >= 4 is 49.9 Å². The fourth-order valence-electron chi connectivity index (χ4n) is 4.26. The van der Waals surface area contributed by atoms with Gasteiger partial charge in [-0.25, -0.2) is 0 Å². The summed E-state index contributed by atoms with van der Waals surface area (Å²) >= 11 is 3.40. The van der Waals surface area contributed by atoms with Crippen molar-refractivity contribution in [3.63, 3.8) is 0 Å². The van der Waals surface area contributed by atoms with E-state index < -0.39 is 0 Å². The van der Waals surface area contributed by atoms with Crippen molar-refractivity contribution in [2.75, 3.05) is 20.2 Å². The molecule has 0 aliphatic rings. The minimum absolute atomic E-state index is 0.0149. The van der Waals surface area contributed by atoms with Crippen molar-refractivity contribution in [3.8, 4) is 11.5 Å². The predicted octanol–water partition coefficient (Wildman–Crippen LogP) is 8.30. The standard InChI is InChI=1S/C24H31N3O2.C12H12BrNO2/c1-7-16(2)19(5)27-26-18(4)15-25-24(20-9-11-21(28)12-10-20)23-14-22(29-6)13-8-17(23)3;1-8(15)14-5-4-11-6-9-2-3-10(13)7-12(9)16-11/h8-14,16,28H,7,15H2,1-6H3;2-3,6-7H,4-5H2,1H3,(H,14,15)/b25-24?,26-18+,27-19-;. The molecule has 1 amide bonds. The van der Waals surface area contributed by atoms with Crippen LogP contribution >= 0.6 is 15.9 Å². The van der Waals surface area contributed by atoms with Crippen molar-refractivity contribution in [3.05, 3.63) is 93.7 Å². The van der Waals surface area contributed by atoms with Crippen molar-refractivity contribution in [2.45, 2.75) is 54.4 Å². The number of carbonyl (C=O) groups is 1. The third kappa shape index (κ3) is 11.0. The van der Waals surface area contributed by atoms with E-state index >= 15 is 0 Å². The summed E-state index contributed by atoms with van der Waals surface area (Å²) < 4.78 is 12.1. The molecule has 4 aromatic rings. The lowest BCUT2D eigenvalue weighted by Crippen LogP contribution is -2.22. The van der Waals surface area contributed by atoms with E-state index in [9.17, 15) is 9.90 Å². The Balaban J connectivity index is 0.000000289. The van der Waals surface area contributed by atoms with Gasteiger partial charge >= 0.3 is 0 Å². The highest BCUT2D eigenvalue weighted by atomic mass is 79.9. The number of halogens is 1. The van der Waals surface area contributed by atoms with Crippen molar-refractivity contribution < 1.29 is 19.1 Å². The second-order valence-corrected chi connectivity index (χ2v) is 11.8. The first-order valence-electron chi connectivity index (χ1n) is 15.0. The van der Waals surface area contributed by atoms with E-state index in [2.05, 4.69) is 45.3 Å². The quantitative estimate of drug-likeness (QED) is 0.123. The third-order valence-corrected chi connectivity index (χ3v) is 7.78. The van der Waals surface area contributed by atoms with Crippen molar-refractivity contribution in [1.82, 2.24) is 5.32 Å². The molecule has 0 spiro atoms. The summed E-state index contributed by atoms with van der Waals surface area (Å²) in [6.45, 7) is 12.8. The summed E-state index contributed by atoms with van der Waals surface area (Å²) in [6.07, 6.45) is 1.76. The Morgan fingerprint density at radius 3 is 2.42 bits per heavy atom. The summed E-state index contributed by atoms with van der Waals surface area (Å²) in [5.74, 6) is 2.29. The van der Waals surface area contributed by atoms with Crippen LogP contribution in [0.15, 0.2) is 90.8 Å². The normalized spacial score (nSPS) is 12.8. The van der Waals surface area contributed by atoms with Crippen LogP contribution in [0.3, 0.4) is 0 Å². The number of aryl methyl sites for hydroxylation is 1. The Bertz CT molecular complexity index is 1670. The maximum absolute atomic E-state index is 10.7. The number of phenolic OH excluding ortho intramolecular Hbond substituents is 1. The molecule has 4 rings (SSSR count). The van der Waals surface area contributed by atoms with Crippen LogP contribution in [0.5, 0.6) is 11.5 Å². The van der Waals surface area contributed by atoms with Gasteiger partial charge in [0.05, 0.1) is 25.1 Å². The van der Waals surface area contributed by atoms with Crippen LogP contribution in [0.2, 0.25) is 0 Å². The van der Waals surface area contributed by atoms with Gasteiger partial charge in [0.15, 0.2) is 0 Å². The average molecular weight is 676 g/mol. The van der Waals surface area contributed by atoms with E-state index in [0.29, 0.717) is 25.4 Å². The Labute approximate surface area is 274 Å². The number of aliphatic imine (C=N–C) groups is 1. The molecule has 0 aliphatic carbocycles. The van der Waals surface area contributed by atoms with Crippen LogP contribution in [0, 0.1) is 12.8 Å². The van der Waals surface area contributed by atoms with Gasteiger partial charge in [-0.1, -0.05) is 35.8 Å². The third-order valence-electron chi connectivity index (χ3n) is 7.29. The summed E-state index contributed by atoms with van der Waals surface area (Å²) in [6, 6.07) is 20.9. The number of nitrogens with zero attached hydrogens (tertiary/aromatic N) is 3. The van der Waals surface area contributed by atoms with E-state index in [1.807, 2.05) is 75.4 Å². The minimum Gasteiger partial charge on any atom is -0.508 e. The topological polar surface area (TPSA) is 109 Å². The van der Waals surface area contributed by atoms with Gasteiger partial charge < -0.3 is 19.6 Å². The minimum atomic E-state index is -0.0149. The highest BCUT2D eigenvalue weighted by molar-refractivity contribution is 9.10. The molecule has 2 N–H and O–H groups in total. The Hall–Kier alpha value is -4.24. The first-order chi connectivity index (χ1) is 21.5. The molecule has 1 aromatic heterocycles. The molecule has 0 bridgehead atoms. The molecular weight excluding hydrogens is 632 g/mol. The fraction of sp³-hybridized carbons (Fsp3) is 0.333. The molecule has 0 radical (unpaired) electrons. The first kappa shape index (κ1) is 35.2. The molecule has 0 aliphatic heterocycles. The number of nitrogens with one attached hydrogen (secondary N) is 1. The fourth-order valence-corrected chi connectivity index (χ4v) is 4.60. The zero-order chi connectivity index (χ0) is 32.9. The number of furan rings is 1. The number of rotatable bonds is 11. The van der Waals surface area contributed by atoms with Crippen LogP contribution in [0.25, 0.3) is 11.0 Å². The zero-order valence-corrected chi connectivity index (χ0v) is 28.7. The second kappa shape index (κ2) is 17.3. The number of hydrogen-bond donors (Lipinski definition) is 2. The van der Waals surface area contributed by atoms with E-state index in [4.69, 9.17) is 14.1 Å². The number of ether oxygens (including phenoxy) is 1. The number of carbonyl (C=O) groups excluding carboxylic acids is 1. The summed E-state index contributed by atoms with van der Waals surface area (Å²) in [7, 11) is 1.65. The van der Waals surface area contributed by atoms with Gasteiger partial charge in [0.2, 0.25) is 5.91 Å². The smallest absolute Gasteiger partial charge is 0.216 e. The largest absolute Gasteiger partial charge is 0.508 e. The van der Waals surface area contributed by atoms with E-state index in [0.717, 1.165) is 67.2 Å². The van der Waals surface area contributed by atoms with Crippen LogP contribution in [-0.2, 0) is 11.2 Å². The van der Waals surface area contributed by atoms with Gasteiger partial charge in [0.25, 0.3) is 0 Å². The van der Waals surface area contributed by atoms with Crippen LogP contribution < -0.4 is 10.1 Å². The molecule has 1 unspecified atom stereocenters. The van der Waals surface area contributed by atoms with Gasteiger partial charge in [-0.2, -0.15) is 10.2 Å². The number of methoxy groups -OCH3 is 1. The Kier molecular flexibility index (Phi) is 13.5. The number of hydrogen-bond acceptors (Lipinski definition) is 7. The lowest BCUT2D eigenvalue weighted by molar-refractivity contribution is -0.118. The monoisotopic (exact) mass is 674 g/mol. The number of benzene rings is 3. The predicted molar refractivity (Wildman–Crippen MR) is 188 cm³/mol. The van der Waals surface area contributed by atoms with Crippen molar-refractivity contribution in [2.24, 2.45) is 21.1 Å². The molecular formula is C36H43BrN4O4. The van der Waals surface area contributed by atoms with Gasteiger partial charge in [-0.05, 0) is 99.3 Å². The van der Waals surface area contributed by atoms with Gasteiger partial charge in [0, 0.05) is 46.6 Å². The van der Waals surface area contributed by atoms with E-state index in [1.54, 1.807) is 19.2 Å². The van der Waals surface area contributed by atoms with Gasteiger partial charge in [-0.3, -0.25) is 9.79 Å². The zero-order valence-electron chi connectivity index (χ0n) is 27.1. The number of aromatic hydroxyl groups is 1. The molecule has 0 saturated carbocycles. The molecule has 45 heavy (non-hydrogen) atoms. The lowest BCUT2D eigenvalue weighted by atomic mass is 9.97. The highest BCUT2D eigenvalue weighted by Gasteiger charge is 2.12. The van der Waals surface area contributed by atoms with Crippen molar-refractivity contribution in [1.29, 1.82) is 0 Å². The highest BCUT2D eigenvalue weighted by Crippen LogP contribution is 2.24. The number of fused-ring (bicyclic) bond motifs is 1. The molecule has 238 valence electrons. The maximum atomic E-state index is 10.7. The molecule has 0 saturated heterocycles. The van der Waals surface area contributed by atoms with E-state index in [1.165, 1.54) is 6.92 Å². The lowest BCUT2D eigenvalue weighted by Gasteiger charge is -2.12. The molecule has 3 aromatic carbocycles. The van der Waals surface area contributed by atoms with Crippen LogP contribution in [0.1, 0.15) is 63.5 Å². The van der Waals surface area contributed by atoms with Gasteiger partial charge in [-0.15, -0.1) is 0 Å². The van der Waals surface area contributed by atoms with E-state index in [-0.39, 0.29) is 11.7 Å².